The Morgan fingerprint density at radius 1 is 0.964 bits per heavy atom. The lowest BCUT2D eigenvalue weighted by molar-refractivity contribution is -0.129. The summed E-state index contributed by atoms with van der Waals surface area (Å²) in [6.07, 6.45) is 8.20. The Balaban J connectivity index is 1.27. The van der Waals surface area contributed by atoms with Crippen LogP contribution in [0.25, 0.3) is 0 Å². The summed E-state index contributed by atoms with van der Waals surface area (Å²) in [4.78, 5) is 19.5. The Hall–Kier alpha value is -1.59. The summed E-state index contributed by atoms with van der Waals surface area (Å²) in [7, 11) is 1.85. The highest BCUT2D eigenvalue weighted by Crippen LogP contribution is 2.26. The van der Waals surface area contributed by atoms with Crippen LogP contribution in [0.4, 0.5) is 5.69 Å². The van der Waals surface area contributed by atoms with Gasteiger partial charge in [-0.3, -0.25) is 9.69 Å². The van der Waals surface area contributed by atoms with Gasteiger partial charge in [0, 0.05) is 51.6 Å². The number of likely N-dealkylation sites (tertiary alicyclic amines) is 2. The van der Waals surface area contributed by atoms with E-state index in [-0.39, 0.29) is 5.91 Å². The van der Waals surface area contributed by atoms with E-state index in [1.807, 2.05) is 12.0 Å². The van der Waals surface area contributed by atoms with Gasteiger partial charge < -0.3 is 14.5 Å². The first-order valence-electron chi connectivity index (χ1n) is 11.1. The highest BCUT2D eigenvalue weighted by molar-refractivity contribution is 5.79. The Labute approximate surface area is 169 Å². The normalized spacial score (nSPS) is 24.7. The number of amides is 1. The van der Waals surface area contributed by atoms with E-state index in [1.54, 1.807) is 0 Å². The predicted molar refractivity (Wildman–Crippen MR) is 113 cm³/mol. The van der Waals surface area contributed by atoms with Crippen LogP contribution in [0.5, 0.6) is 0 Å². The second kappa shape index (κ2) is 9.27. The van der Waals surface area contributed by atoms with Crippen molar-refractivity contribution in [1.29, 1.82) is 0 Å². The van der Waals surface area contributed by atoms with Crippen molar-refractivity contribution in [3.63, 3.8) is 0 Å². The summed E-state index contributed by atoms with van der Waals surface area (Å²) in [6, 6.07) is 9.39. The molecule has 0 spiro atoms. The Bertz CT molecular complexity index is 634. The number of hydrogen-bond donors (Lipinski definition) is 0. The molecular formula is C23H35N3O2. The zero-order chi connectivity index (χ0) is 19.3. The first-order valence-corrected chi connectivity index (χ1v) is 11.1. The Morgan fingerprint density at radius 2 is 1.68 bits per heavy atom. The smallest absolute Gasteiger partial charge is 0.226 e. The molecule has 5 nitrogen and oxygen atoms in total. The molecule has 0 radical (unpaired) electrons. The van der Waals surface area contributed by atoms with Gasteiger partial charge in [0.2, 0.25) is 5.91 Å². The first kappa shape index (κ1) is 19.7. The number of carbonyl (C=O) groups excluding carboxylic acids is 1. The molecule has 28 heavy (non-hydrogen) atoms. The van der Waals surface area contributed by atoms with Gasteiger partial charge in [0.1, 0.15) is 0 Å². The third-order valence-corrected chi connectivity index (χ3v) is 6.84. The largest absolute Gasteiger partial charge is 0.380 e. The maximum atomic E-state index is 12.3. The van der Waals surface area contributed by atoms with Crippen LogP contribution in [0.15, 0.2) is 24.3 Å². The van der Waals surface area contributed by atoms with Gasteiger partial charge in [0.25, 0.3) is 0 Å². The van der Waals surface area contributed by atoms with Gasteiger partial charge in [-0.05, 0) is 62.8 Å². The van der Waals surface area contributed by atoms with Gasteiger partial charge in [0.15, 0.2) is 0 Å². The van der Waals surface area contributed by atoms with Gasteiger partial charge in [-0.15, -0.1) is 0 Å². The minimum atomic E-state index is 0.280. The fraction of sp³-hybridized carbons (Fsp3) is 0.696. The molecule has 1 aromatic rings. The lowest BCUT2D eigenvalue weighted by Gasteiger charge is -2.42. The third kappa shape index (κ3) is 4.69. The van der Waals surface area contributed by atoms with E-state index in [1.165, 1.54) is 37.9 Å². The summed E-state index contributed by atoms with van der Waals surface area (Å²) in [6.45, 7) is 6.43. The molecular weight excluding hydrogens is 350 g/mol. The quantitative estimate of drug-likeness (QED) is 0.781. The minimum Gasteiger partial charge on any atom is -0.380 e. The number of benzene rings is 1. The van der Waals surface area contributed by atoms with Crippen LogP contribution < -0.4 is 4.90 Å². The maximum Gasteiger partial charge on any atom is 0.226 e. The monoisotopic (exact) mass is 385 g/mol. The molecule has 0 N–H and O–H groups in total. The van der Waals surface area contributed by atoms with E-state index in [0.29, 0.717) is 18.6 Å². The maximum absolute atomic E-state index is 12.3. The van der Waals surface area contributed by atoms with E-state index in [9.17, 15) is 4.79 Å². The van der Waals surface area contributed by atoms with Gasteiger partial charge in [-0.25, -0.2) is 0 Å². The fourth-order valence-electron chi connectivity index (χ4n) is 5.06. The molecule has 3 heterocycles. The standard InChI is InChI=1S/C23H35N3O2/c1-28-22-5-4-14-26(18-22)21-10-15-24(16-11-21)20-8-6-19(7-9-20)17-23(27)25-12-2-3-13-25/h6-9,21-22H,2-5,10-18H2,1H3/t22-/m0/s1. The third-order valence-electron chi connectivity index (χ3n) is 6.84. The van der Waals surface area contributed by atoms with Gasteiger partial charge >= 0.3 is 0 Å². The topological polar surface area (TPSA) is 36.0 Å². The van der Waals surface area contributed by atoms with E-state index in [4.69, 9.17) is 4.74 Å². The lowest BCUT2D eigenvalue weighted by Crippen LogP contribution is -2.50. The van der Waals surface area contributed by atoms with Gasteiger partial charge in [-0.1, -0.05) is 12.1 Å². The van der Waals surface area contributed by atoms with Crippen molar-refractivity contribution in [2.45, 2.75) is 57.1 Å². The molecule has 1 amide bonds. The molecule has 0 unspecified atom stereocenters. The summed E-state index contributed by atoms with van der Waals surface area (Å²) < 4.78 is 5.59. The number of carbonyl (C=O) groups is 1. The van der Waals surface area contributed by atoms with E-state index >= 15 is 0 Å². The van der Waals surface area contributed by atoms with Crippen molar-refractivity contribution in [3.05, 3.63) is 29.8 Å². The Kier molecular flexibility index (Phi) is 6.53. The summed E-state index contributed by atoms with van der Waals surface area (Å²) >= 11 is 0. The average molecular weight is 386 g/mol. The second-order valence-electron chi connectivity index (χ2n) is 8.64. The molecule has 1 atom stereocenters. The number of hydrogen-bond acceptors (Lipinski definition) is 4. The van der Waals surface area contributed by atoms with E-state index in [2.05, 4.69) is 34.1 Å². The average Bonchev–Trinajstić information content (AvgIpc) is 3.30. The van der Waals surface area contributed by atoms with Crippen molar-refractivity contribution < 1.29 is 9.53 Å². The molecule has 5 heteroatoms. The molecule has 3 saturated heterocycles. The molecule has 3 aliphatic rings. The number of ether oxygens (including phenoxy) is 1. The molecule has 4 rings (SSSR count). The second-order valence-corrected chi connectivity index (χ2v) is 8.64. The van der Waals surface area contributed by atoms with Crippen LogP contribution in [0.1, 0.15) is 44.1 Å². The lowest BCUT2D eigenvalue weighted by atomic mass is 9.98. The summed E-state index contributed by atoms with van der Waals surface area (Å²) in [5.74, 6) is 0.280. The molecule has 0 saturated carbocycles. The highest BCUT2D eigenvalue weighted by Gasteiger charge is 2.29. The number of nitrogens with zero attached hydrogens (tertiary/aromatic N) is 3. The van der Waals surface area contributed by atoms with E-state index < -0.39 is 0 Å². The van der Waals surface area contributed by atoms with Crippen molar-refractivity contribution in [2.24, 2.45) is 0 Å². The number of piperidine rings is 2. The van der Waals surface area contributed by atoms with Gasteiger partial charge in [0.05, 0.1) is 12.5 Å². The molecule has 3 fully saturated rings. The van der Waals surface area contributed by atoms with Crippen LogP contribution in [-0.4, -0.2) is 74.2 Å². The zero-order valence-corrected chi connectivity index (χ0v) is 17.3. The van der Waals surface area contributed by atoms with Crippen molar-refractivity contribution in [2.75, 3.05) is 51.3 Å². The number of methoxy groups -OCH3 is 1. The van der Waals surface area contributed by atoms with E-state index in [0.717, 1.165) is 51.1 Å². The Morgan fingerprint density at radius 3 is 2.36 bits per heavy atom. The van der Waals surface area contributed by atoms with Crippen LogP contribution in [0.3, 0.4) is 0 Å². The SMILES string of the molecule is CO[C@H]1CCCN(C2CCN(c3ccc(CC(=O)N4CCCC4)cc3)CC2)C1. The molecule has 0 aliphatic carbocycles. The summed E-state index contributed by atoms with van der Waals surface area (Å²) in [5, 5.41) is 0. The number of anilines is 1. The van der Waals surface area contributed by atoms with Crippen molar-refractivity contribution in [3.8, 4) is 0 Å². The predicted octanol–water partition coefficient (Wildman–Crippen LogP) is 2.93. The first-order chi connectivity index (χ1) is 13.7. The van der Waals surface area contributed by atoms with Crippen LogP contribution in [-0.2, 0) is 16.0 Å². The van der Waals surface area contributed by atoms with Crippen molar-refractivity contribution in [1.82, 2.24) is 9.80 Å². The van der Waals surface area contributed by atoms with Gasteiger partial charge in [-0.2, -0.15) is 0 Å². The van der Waals surface area contributed by atoms with Crippen molar-refractivity contribution >= 4 is 11.6 Å². The molecule has 0 bridgehead atoms. The van der Waals surface area contributed by atoms with Crippen LogP contribution in [0.2, 0.25) is 0 Å². The minimum absolute atomic E-state index is 0.280. The molecule has 0 aromatic heterocycles. The zero-order valence-electron chi connectivity index (χ0n) is 17.3. The van der Waals surface area contributed by atoms with Crippen LogP contribution >= 0.6 is 0 Å². The highest BCUT2D eigenvalue weighted by atomic mass is 16.5. The molecule has 3 aliphatic heterocycles. The number of rotatable bonds is 5. The van der Waals surface area contributed by atoms with Crippen LogP contribution in [0, 0.1) is 0 Å². The summed E-state index contributed by atoms with van der Waals surface area (Å²) in [5.41, 5.74) is 2.43. The molecule has 154 valence electrons. The molecule has 1 aromatic carbocycles. The fourth-order valence-corrected chi connectivity index (χ4v) is 5.06.